The number of carboxylic acids is 1. The number of hydrogen-bond acceptors (Lipinski definition) is 4. The van der Waals surface area contributed by atoms with Crippen LogP contribution in [0.15, 0.2) is 46.5 Å². The van der Waals surface area contributed by atoms with Gasteiger partial charge in [-0.15, -0.1) is 0 Å². The summed E-state index contributed by atoms with van der Waals surface area (Å²) >= 11 is 6.10. The number of phenols is 1. The fourth-order valence-electron chi connectivity index (χ4n) is 4.94. The van der Waals surface area contributed by atoms with Crippen molar-refractivity contribution in [1.82, 2.24) is 4.90 Å². The Morgan fingerprint density at radius 1 is 1.03 bits per heavy atom. The molecule has 0 radical (unpaired) electrons. The van der Waals surface area contributed by atoms with Gasteiger partial charge in [-0.05, 0) is 53.2 Å². The van der Waals surface area contributed by atoms with Gasteiger partial charge in [0.25, 0.3) is 0 Å². The fourth-order valence-corrected chi connectivity index (χ4v) is 5.14. The lowest BCUT2D eigenvalue weighted by molar-refractivity contribution is 0.0696. The first-order chi connectivity index (χ1) is 17.7. The number of rotatable bonds is 7. The quantitative estimate of drug-likeness (QED) is 0.363. The minimum atomic E-state index is -0.972. The van der Waals surface area contributed by atoms with Gasteiger partial charge in [-0.3, -0.25) is 4.79 Å². The summed E-state index contributed by atoms with van der Waals surface area (Å²) < 4.78 is 4.06. The lowest BCUT2D eigenvalue weighted by Crippen LogP contribution is -2.32. The maximum atomic E-state index is 13.7. The van der Waals surface area contributed by atoms with Gasteiger partial charge in [-0.2, -0.15) is 4.51 Å². The normalized spacial score (nSPS) is 18.4. The zero-order valence-corrected chi connectivity index (χ0v) is 24.2. The Bertz CT molecular complexity index is 1230. The SMILES string of the molecule is CCCC1CN(CC(=O)c2cc(C(C)(C)C)c(O)c(C(C)(C)C)c2)C(=NCl)/C1=C/c1ccc(C(=O)O)cc1. The van der Waals surface area contributed by atoms with Gasteiger partial charge in [0.1, 0.15) is 11.6 Å². The molecular formula is C31H39ClN2O4. The lowest BCUT2D eigenvalue weighted by Gasteiger charge is -2.28. The first-order valence-electron chi connectivity index (χ1n) is 13.1. The third-order valence-corrected chi connectivity index (χ3v) is 7.18. The average molecular weight is 539 g/mol. The number of likely N-dealkylation sites (tertiary alicyclic amines) is 1. The average Bonchev–Trinajstić information content (AvgIpc) is 3.13. The number of ketones is 1. The molecule has 0 amide bonds. The summed E-state index contributed by atoms with van der Waals surface area (Å²) in [6.45, 7) is 15.0. The summed E-state index contributed by atoms with van der Waals surface area (Å²) in [5.41, 5.74) is 3.38. The molecule has 1 saturated heterocycles. The molecular weight excluding hydrogens is 500 g/mol. The highest BCUT2D eigenvalue weighted by molar-refractivity contribution is 6.23. The number of carbonyl (C=O) groups is 2. The summed E-state index contributed by atoms with van der Waals surface area (Å²) in [4.78, 5) is 26.8. The number of carboxylic acid groups (broad SMARTS) is 1. The van der Waals surface area contributed by atoms with Crippen LogP contribution in [0.3, 0.4) is 0 Å². The number of hydrogen-bond donors (Lipinski definition) is 2. The monoisotopic (exact) mass is 538 g/mol. The van der Waals surface area contributed by atoms with Gasteiger partial charge in [-0.1, -0.05) is 67.0 Å². The molecule has 1 fully saturated rings. The van der Waals surface area contributed by atoms with Gasteiger partial charge in [0.05, 0.1) is 12.1 Å². The Labute approximate surface area is 231 Å². The largest absolute Gasteiger partial charge is 0.507 e. The highest BCUT2D eigenvalue weighted by Crippen LogP contribution is 2.40. The maximum absolute atomic E-state index is 13.7. The van der Waals surface area contributed by atoms with E-state index in [9.17, 15) is 19.8 Å². The van der Waals surface area contributed by atoms with Crippen molar-refractivity contribution in [3.8, 4) is 5.75 Å². The van der Waals surface area contributed by atoms with E-state index < -0.39 is 5.97 Å². The summed E-state index contributed by atoms with van der Waals surface area (Å²) in [6, 6.07) is 10.3. The van der Waals surface area contributed by atoms with Gasteiger partial charge in [0.15, 0.2) is 5.78 Å². The van der Waals surface area contributed by atoms with Crippen molar-refractivity contribution in [2.75, 3.05) is 13.1 Å². The van der Waals surface area contributed by atoms with Gasteiger partial charge in [0, 0.05) is 46.5 Å². The minimum absolute atomic E-state index is 0.0684. The van der Waals surface area contributed by atoms with E-state index in [-0.39, 0.29) is 40.4 Å². The summed E-state index contributed by atoms with van der Waals surface area (Å²) in [5, 5.41) is 20.2. The molecule has 2 aromatic carbocycles. The maximum Gasteiger partial charge on any atom is 0.335 e. The molecule has 3 rings (SSSR count). The number of benzene rings is 2. The van der Waals surface area contributed by atoms with E-state index in [0.717, 1.165) is 35.1 Å². The van der Waals surface area contributed by atoms with Crippen molar-refractivity contribution in [1.29, 1.82) is 0 Å². The molecule has 1 aliphatic heterocycles. The van der Waals surface area contributed by atoms with Crippen molar-refractivity contribution in [3.63, 3.8) is 0 Å². The highest BCUT2D eigenvalue weighted by Gasteiger charge is 2.35. The van der Waals surface area contributed by atoms with Crippen LogP contribution >= 0.6 is 11.8 Å². The molecule has 1 heterocycles. The third-order valence-electron chi connectivity index (χ3n) is 7.02. The van der Waals surface area contributed by atoms with Crippen LogP contribution < -0.4 is 0 Å². The number of halogens is 1. The third kappa shape index (κ3) is 6.47. The topological polar surface area (TPSA) is 90.2 Å². The summed E-state index contributed by atoms with van der Waals surface area (Å²) in [6.07, 6.45) is 3.84. The number of aromatic carboxylic acids is 1. The first kappa shape index (κ1) is 29.4. The predicted molar refractivity (Wildman–Crippen MR) is 154 cm³/mol. The Kier molecular flexibility index (Phi) is 8.77. The second-order valence-electron chi connectivity index (χ2n) is 12.1. The van der Waals surface area contributed by atoms with Crippen LogP contribution in [0.1, 0.15) is 98.7 Å². The van der Waals surface area contributed by atoms with Gasteiger partial charge < -0.3 is 15.1 Å². The number of aromatic hydroxyl groups is 1. The molecule has 2 N–H and O–H groups in total. The number of nitrogens with zero attached hydrogens (tertiary/aromatic N) is 2. The second-order valence-corrected chi connectivity index (χ2v) is 12.3. The number of carbonyl (C=O) groups excluding carboxylic acids is 1. The van der Waals surface area contributed by atoms with E-state index in [1.54, 1.807) is 24.3 Å². The molecule has 0 saturated carbocycles. The smallest absolute Gasteiger partial charge is 0.335 e. The Balaban J connectivity index is 1.97. The minimum Gasteiger partial charge on any atom is -0.507 e. The van der Waals surface area contributed by atoms with E-state index in [4.69, 9.17) is 11.8 Å². The molecule has 1 unspecified atom stereocenters. The van der Waals surface area contributed by atoms with Gasteiger partial charge >= 0.3 is 5.97 Å². The molecule has 7 heteroatoms. The van der Waals surface area contributed by atoms with Crippen LogP contribution in [0.5, 0.6) is 5.75 Å². The zero-order chi connectivity index (χ0) is 28.4. The van der Waals surface area contributed by atoms with E-state index in [1.165, 1.54) is 0 Å². The molecule has 0 bridgehead atoms. The number of amidine groups is 1. The van der Waals surface area contributed by atoms with Crippen molar-refractivity contribution in [2.24, 2.45) is 10.4 Å². The van der Waals surface area contributed by atoms with Gasteiger partial charge in [0.2, 0.25) is 0 Å². The molecule has 38 heavy (non-hydrogen) atoms. The van der Waals surface area contributed by atoms with E-state index >= 15 is 0 Å². The molecule has 1 atom stereocenters. The predicted octanol–water partition coefficient (Wildman–Crippen LogP) is 7.24. The Morgan fingerprint density at radius 2 is 1.58 bits per heavy atom. The Hall–Kier alpha value is -3.12. The van der Waals surface area contributed by atoms with Crippen molar-refractivity contribution < 1.29 is 19.8 Å². The second kappa shape index (κ2) is 11.3. The van der Waals surface area contributed by atoms with Crippen LogP contribution in [-0.4, -0.2) is 45.8 Å². The van der Waals surface area contributed by atoms with Crippen molar-refractivity contribution in [2.45, 2.75) is 72.1 Å². The molecule has 0 spiro atoms. The number of Topliss-reactive ketones (excluding diaryl/α,β-unsaturated/α-hetero) is 1. The molecule has 2 aromatic rings. The van der Waals surface area contributed by atoms with E-state index in [2.05, 4.69) is 11.4 Å². The fraction of sp³-hybridized carbons (Fsp3) is 0.452. The first-order valence-corrected chi connectivity index (χ1v) is 13.4. The molecule has 1 aliphatic rings. The zero-order valence-electron chi connectivity index (χ0n) is 23.4. The lowest BCUT2D eigenvalue weighted by atomic mass is 9.78. The van der Waals surface area contributed by atoms with Crippen molar-refractivity contribution in [3.05, 3.63) is 69.8 Å². The van der Waals surface area contributed by atoms with E-state index in [1.807, 2.05) is 64.7 Å². The van der Waals surface area contributed by atoms with Crippen LogP contribution in [0, 0.1) is 5.92 Å². The van der Waals surface area contributed by atoms with Crippen molar-refractivity contribution >= 4 is 35.4 Å². The van der Waals surface area contributed by atoms with Crippen LogP contribution in [0.2, 0.25) is 0 Å². The molecule has 6 nitrogen and oxygen atoms in total. The highest BCUT2D eigenvalue weighted by atomic mass is 35.5. The van der Waals surface area contributed by atoms with Gasteiger partial charge in [-0.25, -0.2) is 4.79 Å². The molecule has 204 valence electrons. The summed E-state index contributed by atoms with van der Waals surface area (Å²) in [7, 11) is 0. The van der Waals surface area contributed by atoms with E-state index in [0.29, 0.717) is 17.9 Å². The summed E-state index contributed by atoms with van der Waals surface area (Å²) in [5.74, 6) is -0.0970. The molecule has 0 aliphatic carbocycles. The molecule has 0 aromatic heterocycles. The van der Waals surface area contributed by atoms with Crippen LogP contribution in [0.25, 0.3) is 6.08 Å². The number of phenolic OH excluding ortho intramolecular Hbond substituents is 1. The standard InChI is InChI=1S/C31H39ClN2O4/c1-8-9-21-17-34(28(33-32)23(21)14-19-10-12-20(13-11-19)29(37)38)18-26(35)22-15-24(30(2,3)4)27(36)25(16-22)31(5,6)7/h10-16,21,36H,8-9,17-18H2,1-7H3,(H,37,38)/b23-14+,33-28?. The van der Waals surface area contributed by atoms with Crippen LogP contribution in [0.4, 0.5) is 0 Å². The van der Waals surface area contributed by atoms with Crippen LogP contribution in [-0.2, 0) is 10.8 Å². The Morgan fingerprint density at radius 3 is 2.03 bits per heavy atom.